The van der Waals surface area contributed by atoms with E-state index in [1.165, 1.54) is 12.1 Å². The summed E-state index contributed by atoms with van der Waals surface area (Å²) in [6.07, 6.45) is 3.49. The molecule has 3 aromatic carbocycles. The molecule has 0 amide bonds. The van der Waals surface area contributed by atoms with Gasteiger partial charge in [-0.3, -0.25) is 20.1 Å². The van der Waals surface area contributed by atoms with Gasteiger partial charge in [0, 0.05) is 46.7 Å². The van der Waals surface area contributed by atoms with Crippen LogP contribution in [0.25, 0.3) is 43.9 Å². The minimum Gasteiger partial charge on any atom is -0.332 e. The van der Waals surface area contributed by atoms with Crippen LogP contribution in [0.5, 0.6) is 0 Å². The van der Waals surface area contributed by atoms with Gasteiger partial charge in [0.05, 0.1) is 38.0 Å². The second kappa shape index (κ2) is 8.19. The number of aromatic nitrogens is 4. The molecule has 0 atom stereocenters. The summed E-state index contributed by atoms with van der Waals surface area (Å²) >= 11 is 5.40. The second-order valence-corrected chi connectivity index (χ2v) is 8.22. The summed E-state index contributed by atoms with van der Waals surface area (Å²) in [4.78, 5) is 29.5. The molecule has 3 aromatic heterocycles. The highest BCUT2D eigenvalue weighted by atomic mass is 32.1. The number of non-ortho nitro benzene ring substituents is 1. The lowest BCUT2D eigenvalue weighted by molar-refractivity contribution is -0.384. The minimum atomic E-state index is -0.452. The highest BCUT2D eigenvalue weighted by molar-refractivity contribution is 7.80. The first-order chi connectivity index (χ1) is 17.1. The number of anilines is 2. The average molecular weight is 478 g/mol. The van der Waals surface area contributed by atoms with Crippen molar-refractivity contribution in [3.05, 3.63) is 89.2 Å². The van der Waals surface area contributed by atoms with Gasteiger partial charge >= 0.3 is 0 Å². The Bertz CT molecular complexity index is 1820. The molecule has 168 valence electrons. The van der Waals surface area contributed by atoms with Crippen LogP contribution in [-0.4, -0.2) is 30.0 Å². The van der Waals surface area contributed by atoms with Crippen LogP contribution in [0.4, 0.5) is 17.1 Å². The van der Waals surface area contributed by atoms with Crippen LogP contribution < -0.4 is 10.6 Å². The first-order valence-electron chi connectivity index (χ1n) is 10.6. The Morgan fingerprint density at radius 1 is 0.743 bits per heavy atom. The summed E-state index contributed by atoms with van der Waals surface area (Å²) in [6.45, 7) is 0. The van der Waals surface area contributed by atoms with Crippen molar-refractivity contribution in [3.8, 4) is 0 Å². The predicted octanol–water partition coefficient (Wildman–Crippen LogP) is 5.60. The zero-order valence-electron chi connectivity index (χ0n) is 18.0. The Labute approximate surface area is 203 Å². The van der Waals surface area contributed by atoms with Crippen molar-refractivity contribution >= 4 is 78.3 Å². The van der Waals surface area contributed by atoms with Crippen LogP contribution in [-0.2, 0) is 0 Å². The zero-order chi connectivity index (χ0) is 23.9. The third-order valence-electron chi connectivity index (χ3n) is 5.59. The van der Waals surface area contributed by atoms with Crippen molar-refractivity contribution in [2.45, 2.75) is 0 Å². The fourth-order valence-corrected chi connectivity index (χ4v) is 4.30. The smallest absolute Gasteiger partial charge is 0.271 e. The molecule has 0 aliphatic carbocycles. The predicted molar refractivity (Wildman–Crippen MR) is 141 cm³/mol. The van der Waals surface area contributed by atoms with Crippen LogP contribution in [0, 0.1) is 10.1 Å². The van der Waals surface area contributed by atoms with Crippen LogP contribution in [0.2, 0.25) is 0 Å². The van der Waals surface area contributed by atoms with Gasteiger partial charge in [0.2, 0.25) is 0 Å². The standard InChI is InChI=1S/C25H15N7O2S/c33-32(34)16-5-1-4-14(12-16)28-25(35)29-15-8-9-19-20(13-15)31-24-18-7-3-11-27-22(18)21-17(23(24)30-19)6-2-10-26-21/h1-13H,(H2,28,29,35). The van der Waals surface area contributed by atoms with Crippen molar-refractivity contribution < 1.29 is 4.92 Å². The van der Waals surface area contributed by atoms with Gasteiger partial charge in [-0.15, -0.1) is 0 Å². The monoisotopic (exact) mass is 477 g/mol. The molecule has 0 aliphatic heterocycles. The molecule has 0 saturated carbocycles. The van der Waals surface area contributed by atoms with E-state index in [0.29, 0.717) is 22.0 Å². The molecule has 0 bridgehead atoms. The van der Waals surface area contributed by atoms with Gasteiger partial charge in [-0.1, -0.05) is 6.07 Å². The van der Waals surface area contributed by atoms with Gasteiger partial charge < -0.3 is 10.6 Å². The van der Waals surface area contributed by atoms with Crippen LogP contribution >= 0.6 is 12.2 Å². The SMILES string of the molecule is O=[N+]([O-])c1cccc(NC(=S)Nc2ccc3nc4c5cccnc5c5ncccc5c4nc3c2)c1. The number of nitro groups is 1. The number of hydrogen-bond donors (Lipinski definition) is 2. The van der Waals surface area contributed by atoms with Gasteiger partial charge in [0.1, 0.15) is 0 Å². The summed E-state index contributed by atoms with van der Waals surface area (Å²) in [5, 5.41) is 19.2. The molecule has 6 aromatic rings. The van der Waals surface area contributed by atoms with Gasteiger partial charge in [-0.25, -0.2) is 9.97 Å². The molecule has 35 heavy (non-hydrogen) atoms. The van der Waals surface area contributed by atoms with Crippen molar-refractivity contribution in [2.24, 2.45) is 0 Å². The van der Waals surface area contributed by atoms with Crippen molar-refractivity contribution in [2.75, 3.05) is 10.6 Å². The van der Waals surface area contributed by atoms with E-state index in [1.54, 1.807) is 24.5 Å². The molecular formula is C25H15N7O2S. The Kier molecular flexibility index (Phi) is 4.86. The third kappa shape index (κ3) is 3.71. The summed E-state index contributed by atoms with van der Waals surface area (Å²) in [7, 11) is 0. The van der Waals surface area contributed by atoms with E-state index >= 15 is 0 Å². The van der Waals surface area contributed by atoms with E-state index < -0.39 is 4.92 Å². The molecule has 6 rings (SSSR count). The largest absolute Gasteiger partial charge is 0.332 e. The maximum Gasteiger partial charge on any atom is 0.271 e. The molecule has 9 nitrogen and oxygen atoms in total. The number of nitro benzene ring substituents is 1. The number of hydrogen-bond acceptors (Lipinski definition) is 7. The second-order valence-electron chi connectivity index (χ2n) is 7.81. The van der Waals surface area contributed by atoms with E-state index in [2.05, 4.69) is 20.6 Å². The molecule has 10 heteroatoms. The molecule has 0 aliphatic rings. The molecule has 2 N–H and O–H groups in total. The molecule has 0 unspecified atom stereocenters. The number of nitrogens with one attached hydrogen (secondary N) is 2. The van der Waals surface area contributed by atoms with Crippen molar-refractivity contribution in [1.82, 2.24) is 19.9 Å². The highest BCUT2D eigenvalue weighted by Gasteiger charge is 2.14. The first kappa shape index (κ1) is 20.8. The lowest BCUT2D eigenvalue weighted by atomic mass is 10.1. The molecular weight excluding hydrogens is 462 g/mol. The van der Waals surface area contributed by atoms with Gasteiger partial charge in [0.15, 0.2) is 5.11 Å². The molecule has 0 spiro atoms. The fourth-order valence-electron chi connectivity index (χ4n) is 4.07. The summed E-state index contributed by atoms with van der Waals surface area (Å²) in [6, 6.07) is 19.4. The maximum absolute atomic E-state index is 11.0. The number of pyridine rings is 2. The van der Waals surface area contributed by atoms with Crippen LogP contribution in [0.15, 0.2) is 79.1 Å². The van der Waals surface area contributed by atoms with Gasteiger partial charge in [0.25, 0.3) is 5.69 Å². The molecule has 0 saturated heterocycles. The fraction of sp³-hybridized carbons (Fsp3) is 0. The minimum absolute atomic E-state index is 0.0184. The Hall–Kier alpha value is -4.83. The number of benzene rings is 3. The van der Waals surface area contributed by atoms with E-state index in [-0.39, 0.29) is 5.69 Å². The van der Waals surface area contributed by atoms with Gasteiger partial charge in [-0.2, -0.15) is 0 Å². The van der Waals surface area contributed by atoms with Crippen LogP contribution in [0.3, 0.4) is 0 Å². The lowest BCUT2D eigenvalue weighted by Crippen LogP contribution is -2.19. The lowest BCUT2D eigenvalue weighted by Gasteiger charge is -2.12. The van der Waals surface area contributed by atoms with E-state index in [4.69, 9.17) is 22.2 Å². The summed E-state index contributed by atoms with van der Waals surface area (Å²) < 4.78 is 0. The number of nitrogens with zero attached hydrogens (tertiary/aromatic N) is 5. The highest BCUT2D eigenvalue weighted by Crippen LogP contribution is 2.32. The van der Waals surface area contributed by atoms with Crippen molar-refractivity contribution in [1.29, 1.82) is 0 Å². The van der Waals surface area contributed by atoms with E-state index in [0.717, 1.165) is 38.4 Å². The zero-order valence-corrected chi connectivity index (χ0v) is 18.8. The molecule has 0 fully saturated rings. The van der Waals surface area contributed by atoms with E-state index in [1.807, 2.05) is 42.5 Å². The quantitative estimate of drug-likeness (QED) is 0.110. The van der Waals surface area contributed by atoms with E-state index in [9.17, 15) is 10.1 Å². The summed E-state index contributed by atoms with van der Waals surface area (Å²) in [5.74, 6) is 0. The first-order valence-corrected chi connectivity index (χ1v) is 11.0. The van der Waals surface area contributed by atoms with Crippen molar-refractivity contribution in [3.63, 3.8) is 0 Å². The Morgan fingerprint density at radius 2 is 1.37 bits per heavy atom. The average Bonchev–Trinajstić information content (AvgIpc) is 2.88. The third-order valence-corrected chi connectivity index (χ3v) is 5.79. The topological polar surface area (TPSA) is 119 Å². The number of thiocarbonyl (C=S) groups is 1. The number of fused-ring (bicyclic) bond motifs is 7. The van der Waals surface area contributed by atoms with Crippen LogP contribution in [0.1, 0.15) is 0 Å². The number of rotatable bonds is 3. The van der Waals surface area contributed by atoms with Gasteiger partial charge in [-0.05, 0) is 60.7 Å². The molecule has 3 heterocycles. The normalized spacial score (nSPS) is 11.2. The Balaban J connectivity index is 1.40. The maximum atomic E-state index is 11.0. The Morgan fingerprint density at radius 3 is 2.03 bits per heavy atom. The molecule has 0 radical (unpaired) electrons. The summed E-state index contributed by atoms with van der Waals surface area (Å²) in [5.41, 5.74) is 5.71.